The first-order valence-corrected chi connectivity index (χ1v) is 7.09. The van der Waals surface area contributed by atoms with Gasteiger partial charge in [-0.2, -0.15) is 0 Å². The van der Waals surface area contributed by atoms with Crippen LogP contribution < -0.4 is 10.2 Å². The number of aromatic nitrogens is 2. The second kappa shape index (κ2) is 4.85. The summed E-state index contributed by atoms with van der Waals surface area (Å²) in [5.41, 5.74) is 3.74. The topological polar surface area (TPSA) is 33.1 Å². The minimum Gasteiger partial charge on any atom is -0.340 e. The van der Waals surface area contributed by atoms with E-state index in [4.69, 9.17) is 4.98 Å². The number of nitrogens with zero attached hydrogens (tertiary/aromatic N) is 3. The number of fused-ring (bicyclic) bond motifs is 1. The van der Waals surface area contributed by atoms with E-state index in [0.717, 1.165) is 37.6 Å². The van der Waals surface area contributed by atoms with Gasteiger partial charge in [-0.3, -0.25) is 0 Å². The molecule has 4 heteroatoms. The second-order valence-electron chi connectivity index (χ2n) is 5.58. The summed E-state index contributed by atoms with van der Waals surface area (Å²) in [6.45, 7) is 8.62. The molecule has 1 aromatic heterocycles. The molecule has 1 aliphatic heterocycles. The van der Waals surface area contributed by atoms with Crippen LogP contribution in [0.5, 0.6) is 0 Å². The Bertz CT molecular complexity index is 579. The van der Waals surface area contributed by atoms with Crippen LogP contribution in [-0.2, 0) is 7.05 Å². The van der Waals surface area contributed by atoms with E-state index in [2.05, 4.69) is 53.9 Å². The van der Waals surface area contributed by atoms with Crippen LogP contribution in [0.3, 0.4) is 0 Å². The molecule has 0 atom stereocenters. The van der Waals surface area contributed by atoms with Gasteiger partial charge in [-0.1, -0.05) is 26.0 Å². The summed E-state index contributed by atoms with van der Waals surface area (Å²) in [6.07, 6.45) is 0. The predicted molar refractivity (Wildman–Crippen MR) is 79.9 cm³/mol. The van der Waals surface area contributed by atoms with E-state index >= 15 is 0 Å². The fourth-order valence-corrected chi connectivity index (χ4v) is 2.84. The zero-order valence-corrected chi connectivity index (χ0v) is 12.0. The summed E-state index contributed by atoms with van der Waals surface area (Å²) >= 11 is 0. The van der Waals surface area contributed by atoms with E-state index < -0.39 is 0 Å². The van der Waals surface area contributed by atoms with Crippen molar-refractivity contribution in [3.63, 3.8) is 0 Å². The number of piperazine rings is 1. The van der Waals surface area contributed by atoms with Gasteiger partial charge in [0.15, 0.2) is 0 Å². The highest BCUT2D eigenvalue weighted by Crippen LogP contribution is 2.28. The molecule has 0 unspecified atom stereocenters. The molecule has 0 bridgehead atoms. The number of hydrogen-bond donors (Lipinski definition) is 1. The zero-order chi connectivity index (χ0) is 13.4. The van der Waals surface area contributed by atoms with Crippen LogP contribution in [-0.4, -0.2) is 35.7 Å². The van der Waals surface area contributed by atoms with Crippen molar-refractivity contribution in [3.8, 4) is 0 Å². The minimum absolute atomic E-state index is 0.509. The third-order valence-corrected chi connectivity index (χ3v) is 3.94. The number of anilines is 1. The molecular weight excluding hydrogens is 236 g/mol. The van der Waals surface area contributed by atoms with E-state index in [1.165, 1.54) is 11.1 Å². The largest absolute Gasteiger partial charge is 0.340 e. The molecule has 0 spiro atoms. The third-order valence-electron chi connectivity index (χ3n) is 3.94. The molecule has 0 saturated carbocycles. The van der Waals surface area contributed by atoms with Gasteiger partial charge >= 0.3 is 0 Å². The molecule has 1 fully saturated rings. The highest BCUT2D eigenvalue weighted by molar-refractivity contribution is 5.82. The minimum atomic E-state index is 0.509. The molecule has 102 valence electrons. The molecule has 0 radical (unpaired) electrons. The van der Waals surface area contributed by atoms with Crippen molar-refractivity contribution >= 4 is 17.0 Å². The summed E-state index contributed by atoms with van der Waals surface area (Å²) in [4.78, 5) is 7.29. The molecule has 1 N–H and O–H groups in total. The molecule has 1 aliphatic rings. The van der Waals surface area contributed by atoms with Crippen LogP contribution in [0.2, 0.25) is 0 Å². The Labute approximate surface area is 114 Å². The van der Waals surface area contributed by atoms with Crippen molar-refractivity contribution < 1.29 is 0 Å². The lowest BCUT2D eigenvalue weighted by molar-refractivity contribution is 0.575. The smallest absolute Gasteiger partial charge is 0.206 e. The van der Waals surface area contributed by atoms with Crippen LogP contribution in [0.15, 0.2) is 18.2 Å². The highest BCUT2D eigenvalue weighted by Gasteiger charge is 2.18. The maximum atomic E-state index is 4.92. The molecule has 3 rings (SSSR count). The van der Waals surface area contributed by atoms with Crippen molar-refractivity contribution in [2.24, 2.45) is 7.05 Å². The number of hydrogen-bond acceptors (Lipinski definition) is 3. The maximum absolute atomic E-state index is 4.92. The van der Waals surface area contributed by atoms with E-state index in [-0.39, 0.29) is 0 Å². The normalized spacial score (nSPS) is 16.5. The average molecular weight is 258 g/mol. The quantitative estimate of drug-likeness (QED) is 0.895. The number of rotatable bonds is 2. The molecule has 19 heavy (non-hydrogen) atoms. The molecule has 0 aliphatic carbocycles. The number of nitrogens with one attached hydrogen (secondary N) is 1. The van der Waals surface area contributed by atoms with E-state index in [1.807, 2.05) is 0 Å². The standard InChI is InChI=1S/C15H22N4/c1-11(2)12-5-4-6-13-14(12)17-15(18(13)3)19-9-7-16-8-10-19/h4-6,11,16H,7-10H2,1-3H3. The van der Waals surface area contributed by atoms with Crippen molar-refractivity contribution in [1.82, 2.24) is 14.9 Å². The summed E-state index contributed by atoms with van der Waals surface area (Å²) in [7, 11) is 2.12. The lowest BCUT2D eigenvalue weighted by Crippen LogP contribution is -2.44. The van der Waals surface area contributed by atoms with E-state index in [1.54, 1.807) is 0 Å². The first-order valence-electron chi connectivity index (χ1n) is 7.09. The molecular formula is C15H22N4. The Morgan fingerprint density at radius 1 is 1.21 bits per heavy atom. The number of benzene rings is 1. The summed E-state index contributed by atoms with van der Waals surface area (Å²) in [5.74, 6) is 1.61. The Morgan fingerprint density at radius 3 is 2.63 bits per heavy atom. The fraction of sp³-hybridized carbons (Fsp3) is 0.533. The van der Waals surface area contributed by atoms with Crippen molar-refractivity contribution in [2.75, 3.05) is 31.1 Å². The molecule has 0 amide bonds. The molecule has 4 nitrogen and oxygen atoms in total. The number of para-hydroxylation sites is 1. The lowest BCUT2D eigenvalue weighted by Gasteiger charge is -2.28. The van der Waals surface area contributed by atoms with Gasteiger partial charge in [-0.25, -0.2) is 4.98 Å². The van der Waals surface area contributed by atoms with E-state index in [9.17, 15) is 0 Å². The molecule has 1 saturated heterocycles. The van der Waals surface area contributed by atoms with Crippen molar-refractivity contribution in [2.45, 2.75) is 19.8 Å². The molecule has 2 aromatic rings. The summed E-state index contributed by atoms with van der Waals surface area (Å²) in [5, 5.41) is 3.39. The number of aryl methyl sites for hydroxylation is 1. The van der Waals surface area contributed by atoms with Gasteiger partial charge in [0, 0.05) is 33.2 Å². The van der Waals surface area contributed by atoms with Crippen LogP contribution in [0, 0.1) is 0 Å². The summed E-state index contributed by atoms with van der Waals surface area (Å²) in [6, 6.07) is 6.50. The van der Waals surface area contributed by atoms with Gasteiger partial charge in [0.1, 0.15) is 0 Å². The highest BCUT2D eigenvalue weighted by atomic mass is 15.3. The first kappa shape index (κ1) is 12.5. The van der Waals surface area contributed by atoms with Crippen LogP contribution in [0.1, 0.15) is 25.3 Å². The Morgan fingerprint density at radius 2 is 1.95 bits per heavy atom. The summed E-state index contributed by atoms with van der Waals surface area (Å²) < 4.78 is 2.23. The third kappa shape index (κ3) is 2.10. The van der Waals surface area contributed by atoms with Gasteiger partial charge in [-0.05, 0) is 17.5 Å². The van der Waals surface area contributed by atoms with Crippen molar-refractivity contribution in [1.29, 1.82) is 0 Å². The van der Waals surface area contributed by atoms with Crippen molar-refractivity contribution in [3.05, 3.63) is 23.8 Å². The predicted octanol–water partition coefficient (Wildman–Crippen LogP) is 2.11. The molecule has 1 aromatic carbocycles. The second-order valence-corrected chi connectivity index (χ2v) is 5.58. The van der Waals surface area contributed by atoms with Gasteiger partial charge in [0.05, 0.1) is 11.0 Å². The van der Waals surface area contributed by atoms with Gasteiger partial charge in [0.2, 0.25) is 5.95 Å². The Balaban J connectivity index is 2.11. The number of imidazole rings is 1. The van der Waals surface area contributed by atoms with Crippen LogP contribution >= 0.6 is 0 Å². The maximum Gasteiger partial charge on any atom is 0.206 e. The zero-order valence-electron chi connectivity index (χ0n) is 12.0. The Kier molecular flexibility index (Phi) is 3.19. The molecule has 2 heterocycles. The SMILES string of the molecule is CC(C)c1cccc2c1nc(N1CCNCC1)n2C. The van der Waals surface area contributed by atoms with Gasteiger partial charge in [0.25, 0.3) is 0 Å². The average Bonchev–Trinajstić information content (AvgIpc) is 2.77. The Hall–Kier alpha value is -1.55. The monoisotopic (exact) mass is 258 g/mol. The van der Waals surface area contributed by atoms with E-state index in [0.29, 0.717) is 5.92 Å². The van der Waals surface area contributed by atoms with Crippen LogP contribution in [0.25, 0.3) is 11.0 Å². The van der Waals surface area contributed by atoms with Gasteiger partial charge in [-0.15, -0.1) is 0 Å². The fourth-order valence-electron chi connectivity index (χ4n) is 2.84. The first-order chi connectivity index (χ1) is 9.18. The van der Waals surface area contributed by atoms with Gasteiger partial charge < -0.3 is 14.8 Å². The van der Waals surface area contributed by atoms with Crippen LogP contribution in [0.4, 0.5) is 5.95 Å². The lowest BCUT2D eigenvalue weighted by atomic mass is 10.0.